The molecule has 0 unspecified atom stereocenters. The summed E-state index contributed by atoms with van der Waals surface area (Å²) in [5.74, 6) is 0. The number of halogens is 1. The molecule has 0 amide bonds. The van der Waals surface area contributed by atoms with Gasteiger partial charge in [0.2, 0.25) is 0 Å². The van der Waals surface area contributed by atoms with Gasteiger partial charge in [0.15, 0.2) is 0 Å². The SMILES string of the molecule is CN(Cc1ccc(I)cc1)Cc1cnn(C)c1. The third kappa shape index (κ3) is 3.81. The van der Waals surface area contributed by atoms with Crippen molar-refractivity contribution in [1.29, 1.82) is 0 Å². The lowest BCUT2D eigenvalue weighted by Crippen LogP contribution is -2.16. The molecule has 0 bridgehead atoms. The zero-order chi connectivity index (χ0) is 12.3. The molecule has 0 fully saturated rings. The summed E-state index contributed by atoms with van der Waals surface area (Å²) >= 11 is 2.33. The standard InChI is InChI=1S/C13H16IN3/c1-16(9-12-7-15-17(2)10-12)8-11-3-5-13(14)6-4-11/h3-7,10H,8-9H2,1-2H3. The highest BCUT2D eigenvalue weighted by molar-refractivity contribution is 14.1. The fourth-order valence-electron chi connectivity index (χ4n) is 1.82. The van der Waals surface area contributed by atoms with Crippen molar-refractivity contribution < 1.29 is 0 Å². The van der Waals surface area contributed by atoms with Gasteiger partial charge in [-0.1, -0.05) is 12.1 Å². The lowest BCUT2D eigenvalue weighted by molar-refractivity contribution is 0.319. The van der Waals surface area contributed by atoms with Gasteiger partial charge in [-0.3, -0.25) is 9.58 Å². The van der Waals surface area contributed by atoms with Crippen molar-refractivity contribution in [1.82, 2.24) is 14.7 Å². The van der Waals surface area contributed by atoms with Crippen molar-refractivity contribution in [2.75, 3.05) is 7.05 Å². The van der Waals surface area contributed by atoms with Gasteiger partial charge in [0.25, 0.3) is 0 Å². The summed E-state index contributed by atoms with van der Waals surface area (Å²) in [7, 11) is 4.08. The third-order valence-electron chi connectivity index (χ3n) is 2.58. The molecule has 0 aliphatic heterocycles. The Labute approximate surface area is 116 Å². The summed E-state index contributed by atoms with van der Waals surface area (Å²) in [5.41, 5.74) is 2.59. The Bertz CT molecular complexity index is 476. The second-order valence-corrected chi connectivity index (χ2v) is 5.57. The van der Waals surface area contributed by atoms with Crippen molar-refractivity contribution in [2.45, 2.75) is 13.1 Å². The summed E-state index contributed by atoms with van der Waals surface area (Å²) in [6.45, 7) is 1.89. The van der Waals surface area contributed by atoms with Crippen LogP contribution in [-0.2, 0) is 20.1 Å². The Balaban J connectivity index is 1.93. The quantitative estimate of drug-likeness (QED) is 0.798. The van der Waals surface area contributed by atoms with Crippen LogP contribution in [0.2, 0.25) is 0 Å². The lowest BCUT2D eigenvalue weighted by atomic mass is 10.2. The smallest absolute Gasteiger partial charge is 0.0534 e. The van der Waals surface area contributed by atoms with Crippen molar-refractivity contribution in [3.63, 3.8) is 0 Å². The van der Waals surface area contributed by atoms with E-state index in [2.05, 4.69) is 70.1 Å². The second-order valence-electron chi connectivity index (χ2n) is 4.32. The molecule has 17 heavy (non-hydrogen) atoms. The van der Waals surface area contributed by atoms with Crippen LogP contribution in [0.15, 0.2) is 36.7 Å². The monoisotopic (exact) mass is 341 g/mol. The fourth-order valence-corrected chi connectivity index (χ4v) is 2.18. The molecule has 1 aromatic heterocycles. The number of hydrogen-bond acceptors (Lipinski definition) is 2. The zero-order valence-corrected chi connectivity index (χ0v) is 12.3. The van der Waals surface area contributed by atoms with E-state index in [-0.39, 0.29) is 0 Å². The summed E-state index contributed by atoms with van der Waals surface area (Å²) < 4.78 is 3.12. The van der Waals surface area contributed by atoms with Crippen LogP contribution in [0, 0.1) is 3.57 Å². The maximum Gasteiger partial charge on any atom is 0.0534 e. The van der Waals surface area contributed by atoms with E-state index in [1.165, 1.54) is 14.7 Å². The van der Waals surface area contributed by atoms with Crippen LogP contribution in [-0.4, -0.2) is 21.7 Å². The molecule has 0 spiro atoms. The summed E-state index contributed by atoms with van der Waals surface area (Å²) in [4.78, 5) is 2.29. The van der Waals surface area contributed by atoms with E-state index in [0.717, 1.165) is 13.1 Å². The van der Waals surface area contributed by atoms with Gasteiger partial charge < -0.3 is 0 Å². The molecule has 4 heteroatoms. The zero-order valence-electron chi connectivity index (χ0n) is 10.1. The Kier molecular flexibility index (Phi) is 4.17. The molecule has 2 rings (SSSR count). The summed E-state index contributed by atoms with van der Waals surface area (Å²) in [6.07, 6.45) is 3.98. The van der Waals surface area contributed by atoms with Crippen molar-refractivity contribution >= 4 is 22.6 Å². The highest BCUT2D eigenvalue weighted by atomic mass is 127. The fraction of sp³-hybridized carbons (Fsp3) is 0.308. The van der Waals surface area contributed by atoms with Crippen molar-refractivity contribution in [3.8, 4) is 0 Å². The molecule has 0 saturated carbocycles. The first-order valence-corrected chi connectivity index (χ1v) is 6.62. The molecule has 0 radical (unpaired) electrons. The molecular formula is C13H16IN3. The molecule has 90 valence electrons. The Morgan fingerprint density at radius 2 is 1.82 bits per heavy atom. The van der Waals surface area contributed by atoms with E-state index in [4.69, 9.17) is 0 Å². The maximum absolute atomic E-state index is 4.18. The lowest BCUT2D eigenvalue weighted by Gasteiger charge is -2.15. The molecule has 0 aliphatic carbocycles. The molecule has 0 saturated heterocycles. The molecule has 3 nitrogen and oxygen atoms in total. The van der Waals surface area contributed by atoms with E-state index in [0.29, 0.717) is 0 Å². The van der Waals surface area contributed by atoms with Gasteiger partial charge in [-0.05, 0) is 47.3 Å². The highest BCUT2D eigenvalue weighted by Crippen LogP contribution is 2.10. The van der Waals surface area contributed by atoms with E-state index < -0.39 is 0 Å². The van der Waals surface area contributed by atoms with Gasteiger partial charge in [-0.15, -0.1) is 0 Å². The van der Waals surface area contributed by atoms with Crippen LogP contribution in [0.4, 0.5) is 0 Å². The van der Waals surface area contributed by atoms with E-state index in [1.807, 2.05) is 17.9 Å². The van der Waals surface area contributed by atoms with Gasteiger partial charge in [-0.2, -0.15) is 5.10 Å². The number of aromatic nitrogens is 2. The molecular weight excluding hydrogens is 325 g/mol. The predicted octanol–water partition coefficient (Wildman–Crippen LogP) is 2.66. The average molecular weight is 341 g/mol. The molecule has 0 N–H and O–H groups in total. The van der Waals surface area contributed by atoms with Gasteiger partial charge in [-0.25, -0.2) is 0 Å². The Morgan fingerprint density at radius 1 is 1.18 bits per heavy atom. The van der Waals surface area contributed by atoms with Crippen LogP contribution in [0.5, 0.6) is 0 Å². The number of nitrogens with zero attached hydrogens (tertiary/aromatic N) is 3. The maximum atomic E-state index is 4.18. The topological polar surface area (TPSA) is 21.1 Å². The van der Waals surface area contributed by atoms with Gasteiger partial charge >= 0.3 is 0 Å². The van der Waals surface area contributed by atoms with Crippen molar-refractivity contribution in [3.05, 3.63) is 51.4 Å². The minimum Gasteiger partial charge on any atom is -0.298 e. The Morgan fingerprint density at radius 3 is 2.41 bits per heavy atom. The molecule has 0 atom stereocenters. The summed E-state index contributed by atoms with van der Waals surface area (Å²) in [6, 6.07) is 8.66. The number of rotatable bonds is 4. The van der Waals surface area contributed by atoms with Gasteiger partial charge in [0.05, 0.1) is 6.20 Å². The van der Waals surface area contributed by atoms with E-state index >= 15 is 0 Å². The molecule has 1 heterocycles. The van der Waals surface area contributed by atoms with Crippen LogP contribution in [0.1, 0.15) is 11.1 Å². The first-order valence-electron chi connectivity index (χ1n) is 5.54. The first-order chi connectivity index (χ1) is 8.13. The van der Waals surface area contributed by atoms with Crippen LogP contribution in [0.25, 0.3) is 0 Å². The first kappa shape index (κ1) is 12.6. The van der Waals surface area contributed by atoms with E-state index in [1.54, 1.807) is 0 Å². The van der Waals surface area contributed by atoms with Crippen molar-refractivity contribution in [2.24, 2.45) is 7.05 Å². The summed E-state index contributed by atoms with van der Waals surface area (Å²) in [5, 5.41) is 4.18. The van der Waals surface area contributed by atoms with Crippen LogP contribution >= 0.6 is 22.6 Å². The highest BCUT2D eigenvalue weighted by Gasteiger charge is 2.03. The minimum absolute atomic E-state index is 0.930. The number of hydrogen-bond donors (Lipinski definition) is 0. The predicted molar refractivity (Wildman–Crippen MR) is 77.5 cm³/mol. The van der Waals surface area contributed by atoms with Crippen LogP contribution in [0.3, 0.4) is 0 Å². The molecule has 1 aromatic carbocycles. The normalized spacial score (nSPS) is 11.1. The Hall–Kier alpha value is -0.880. The van der Waals surface area contributed by atoms with Gasteiger partial charge in [0, 0.05) is 35.5 Å². The van der Waals surface area contributed by atoms with Crippen LogP contribution < -0.4 is 0 Å². The van der Waals surface area contributed by atoms with E-state index in [9.17, 15) is 0 Å². The minimum atomic E-state index is 0.930. The molecule has 0 aliphatic rings. The third-order valence-corrected chi connectivity index (χ3v) is 3.30. The van der Waals surface area contributed by atoms with Gasteiger partial charge in [0.1, 0.15) is 0 Å². The number of benzene rings is 1. The largest absolute Gasteiger partial charge is 0.298 e. The molecule has 2 aromatic rings. The average Bonchev–Trinajstić information content (AvgIpc) is 2.67. The second kappa shape index (κ2) is 5.64. The number of aryl methyl sites for hydroxylation is 1.